The smallest absolute Gasteiger partial charge is 0.305 e. The molecule has 0 radical (unpaired) electrons. The van der Waals surface area contributed by atoms with Crippen molar-refractivity contribution < 1.29 is 23.9 Å². The molecule has 10 heteroatoms. The van der Waals surface area contributed by atoms with Gasteiger partial charge in [0, 0.05) is 23.7 Å². The molecule has 1 unspecified atom stereocenters. The number of hydrogen-bond donors (Lipinski definition) is 1. The standard InChI is InChI=1S/C24H25N5O5/c1-33-22(30)10-9-20(23(25)31)29-14-19-18(24(29)32)3-2-4-21(19)34-15-17-7-5-16(6-8-17)13-28-12-11-26-27-28/h2-8,11-12,20H,9-10,13-15H2,1H3,(H2,25,31). The zero-order valence-electron chi connectivity index (χ0n) is 18.7. The van der Waals surface area contributed by atoms with Crippen molar-refractivity contribution in [1.29, 1.82) is 0 Å². The first-order valence-corrected chi connectivity index (χ1v) is 10.8. The average Bonchev–Trinajstić information content (AvgIpc) is 3.47. The largest absolute Gasteiger partial charge is 0.489 e. The minimum atomic E-state index is -0.913. The first-order valence-electron chi connectivity index (χ1n) is 10.8. The van der Waals surface area contributed by atoms with Gasteiger partial charge in [0.15, 0.2) is 0 Å². The average molecular weight is 463 g/mol. The summed E-state index contributed by atoms with van der Waals surface area (Å²) in [5.41, 5.74) is 8.75. The Kier molecular flexibility index (Phi) is 6.86. The van der Waals surface area contributed by atoms with Crippen LogP contribution in [0.2, 0.25) is 0 Å². The van der Waals surface area contributed by atoms with E-state index in [4.69, 9.17) is 10.5 Å². The second kappa shape index (κ2) is 10.2. The second-order valence-corrected chi connectivity index (χ2v) is 7.95. The van der Waals surface area contributed by atoms with E-state index in [0.717, 1.165) is 11.1 Å². The Labute approximate surface area is 196 Å². The molecule has 0 fully saturated rings. The van der Waals surface area contributed by atoms with E-state index in [1.54, 1.807) is 35.3 Å². The molecule has 0 saturated heterocycles. The van der Waals surface area contributed by atoms with Gasteiger partial charge in [-0.15, -0.1) is 5.10 Å². The number of amides is 2. The zero-order valence-corrected chi connectivity index (χ0v) is 18.7. The number of nitrogens with zero attached hydrogens (tertiary/aromatic N) is 4. The summed E-state index contributed by atoms with van der Waals surface area (Å²) in [7, 11) is 1.27. The van der Waals surface area contributed by atoms with Crippen molar-refractivity contribution in [2.75, 3.05) is 7.11 Å². The number of primary amides is 1. The number of methoxy groups -OCH3 is 1. The molecule has 34 heavy (non-hydrogen) atoms. The lowest BCUT2D eigenvalue weighted by atomic mass is 10.1. The Morgan fingerprint density at radius 3 is 2.59 bits per heavy atom. The molecule has 176 valence electrons. The van der Waals surface area contributed by atoms with Crippen molar-refractivity contribution in [2.45, 2.75) is 38.6 Å². The summed E-state index contributed by atoms with van der Waals surface area (Å²) in [6.07, 6.45) is 3.52. The van der Waals surface area contributed by atoms with Crippen molar-refractivity contribution in [3.63, 3.8) is 0 Å². The summed E-state index contributed by atoms with van der Waals surface area (Å²) in [6, 6.07) is 12.3. The van der Waals surface area contributed by atoms with Crippen LogP contribution in [-0.2, 0) is 34.0 Å². The van der Waals surface area contributed by atoms with E-state index in [2.05, 4.69) is 15.0 Å². The number of carbonyl (C=O) groups is 3. The van der Waals surface area contributed by atoms with Gasteiger partial charge in [-0.3, -0.25) is 14.4 Å². The van der Waals surface area contributed by atoms with Gasteiger partial charge < -0.3 is 20.1 Å². The molecule has 1 aliphatic rings. The molecule has 0 saturated carbocycles. The fraction of sp³-hybridized carbons (Fsp3) is 0.292. The number of ether oxygens (including phenoxy) is 2. The molecule has 1 atom stereocenters. The van der Waals surface area contributed by atoms with E-state index in [0.29, 0.717) is 30.0 Å². The number of benzene rings is 2. The number of rotatable bonds is 10. The number of nitrogens with two attached hydrogens (primary N) is 1. The maximum absolute atomic E-state index is 13.0. The maximum Gasteiger partial charge on any atom is 0.305 e. The van der Waals surface area contributed by atoms with Gasteiger partial charge in [0.2, 0.25) is 5.91 Å². The Morgan fingerprint density at radius 1 is 1.15 bits per heavy atom. The Balaban J connectivity index is 1.43. The van der Waals surface area contributed by atoms with Crippen LogP contribution in [0.25, 0.3) is 0 Å². The summed E-state index contributed by atoms with van der Waals surface area (Å²) in [4.78, 5) is 37.9. The van der Waals surface area contributed by atoms with Crippen molar-refractivity contribution >= 4 is 17.8 Å². The summed E-state index contributed by atoms with van der Waals surface area (Å²) in [5.74, 6) is -0.881. The van der Waals surface area contributed by atoms with E-state index in [-0.39, 0.29) is 25.3 Å². The molecule has 2 aromatic carbocycles. The SMILES string of the molecule is COC(=O)CCC(C(N)=O)N1Cc2c(OCc3ccc(Cn4ccnn4)cc3)cccc2C1=O. The van der Waals surface area contributed by atoms with Crippen LogP contribution in [-0.4, -0.2) is 50.8 Å². The lowest BCUT2D eigenvalue weighted by molar-refractivity contribution is -0.141. The van der Waals surface area contributed by atoms with E-state index in [1.807, 2.05) is 24.3 Å². The van der Waals surface area contributed by atoms with Crippen LogP contribution in [0.1, 0.15) is 39.9 Å². The van der Waals surface area contributed by atoms with Crippen molar-refractivity contribution in [3.05, 3.63) is 77.1 Å². The highest BCUT2D eigenvalue weighted by Gasteiger charge is 2.37. The predicted octanol–water partition coefficient (Wildman–Crippen LogP) is 1.67. The Morgan fingerprint density at radius 2 is 1.91 bits per heavy atom. The molecular weight excluding hydrogens is 438 g/mol. The topological polar surface area (TPSA) is 130 Å². The fourth-order valence-electron chi connectivity index (χ4n) is 3.93. The third kappa shape index (κ3) is 5.06. The second-order valence-electron chi connectivity index (χ2n) is 7.95. The van der Waals surface area contributed by atoms with Gasteiger partial charge >= 0.3 is 5.97 Å². The molecule has 2 heterocycles. The fourth-order valence-corrected chi connectivity index (χ4v) is 3.93. The predicted molar refractivity (Wildman–Crippen MR) is 120 cm³/mol. The highest BCUT2D eigenvalue weighted by atomic mass is 16.5. The minimum absolute atomic E-state index is 0.0134. The van der Waals surface area contributed by atoms with Gasteiger partial charge in [0.05, 0.1) is 26.4 Å². The summed E-state index contributed by atoms with van der Waals surface area (Å²) >= 11 is 0. The van der Waals surface area contributed by atoms with Crippen LogP contribution in [0.4, 0.5) is 0 Å². The monoisotopic (exact) mass is 463 g/mol. The van der Waals surface area contributed by atoms with Gasteiger partial charge in [-0.05, 0) is 29.7 Å². The van der Waals surface area contributed by atoms with Crippen LogP contribution < -0.4 is 10.5 Å². The van der Waals surface area contributed by atoms with Crippen LogP contribution in [0.3, 0.4) is 0 Å². The van der Waals surface area contributed by atoms with Crippen molar-refractivity contribution in [1.82, 2.24) is 19.9 Å². The molecule has 2 amide bonds. The van der Waals surface area contributed by atoms with Gasteiger partial charge in [-0.2, -0.15) is 0 Å². The molecule has 0 aliphatic carbocycles. The van der Waals surface area contributed by atoms with E-state index >= 15 is 0 Å². The molecule has 10 nitrogen and oxygen atoms in total. The Bertz CT molecular complexity index is 1180. The number of carbonyl (C=O) groups excluding carboxylic acids is 3. The van der Waals surface area contributed by atoms with E-state index in [9.17, 15) is 14.4 Å². The molecular formula is C24H25N5O5. The lowest BCUT2D eigenvalue weighted by Gasteiger charge is -2.24. The van der Waals surface area contributed by atoms with Crippen molar-refractivity contribution in [2.24, 2.45) is 5.73 Å². The molecule has 1 aromatic heterocycles. The first-order chi connectivity index (χ1) is 16.5. The number of aromatic nitrogens is 3. The Hall–Kier alpha value is -4.21. The summed E-state index contributed by atoms with van der Waals surface area (Å²) in [5, 5.41) is 7.76. The zero-order chi connectivity index (χ0) is 24.1. The minimum Gasteiger partial charge on any atom is -0.489 e. The molecule has 3 aromatic rings. The molecule has 0 spiro atoms. The van der Waals surface area contributed by atoms with Crippen LogP contribution in [0.15, 0.2) is 54.9 Å². The number of hydrogen-bond acceptors (Lipinski definition) is 7. The van der Waals surface area contributed by atoms with Crippen LogP contribution in [0, 0.1) is 0 Å². The molecule has 2 N–H and O–H groups in total. The molecule has 0 bridgehead atoms. The maximum atomic E-state index is 13.0. The van der Waals surface area contributed by atoms with Gasteiger partial charge in [-0.1, -0.05) is 35.5 Å². The van der Waals surface area contributed by atoms with Gasteiger partial charge in [0.25, 0.3) is 5.91 Å². The molecule has 4 rings (SSSR count). The molecule has 1 aliphatic heterocycles. The lowest BCUT2D eigenvalue weighted by Crippen LogP contribution is -2.45. The van der Waals surface area contributed by atoms with Crippen molar-refractivity contribution in [3.8, 4) is 5.75 Å². The summed E-state index contributed by atoms with van der Waals surface area (Å²) in [6.45, 7) is 1.12. The van der Waals surface area contributed by atoms with E-state index < -0.39 is 17.9 Å². The van der Waals surface area contributed by atoms with Gasteiger partial charge in [-0.25, -0.2) is 4.68 Å². The van der Waals surface area contributed by atoms with Crippen LogP contribution in [0.5, 0.6) is 5.75 Å². The third-order valence-electron chi connectivity index (χ3n) is 5.74. The number of fused-ring (bicyclic) bond motifs is 1. The first kappa shape index (κ1) is 23.0. The summed E-state index contributed by atoms with van der Waals surface area (Å²) < 4.78 is 12.4. The highest BCUT2D eigenvalue weighted by Crippen LogP contribution is 2.33. The third-order valence-corrected chi connectivity index (χ3v) is 5.74. The van der Waals surface area contributed by atoms with E-state index in [1.165, 1.54) is 12.0 Å². The normalized spacial score (nSPS) is 13.4. The van der Waals surface area contributed by atoms with Crippen LogP contribution >= 0.6 is 0 Å². The highest BCUT2D eigenvalue weighted by molar-refractivity contribution is 6.01. The quantitative estimate of drug-likeness (QED) is 0.453. The van der Waals surface area contributed by atoms with Gasteiger partial charge in [0.1, 0.15) is 18.4 Å². The number of esters is 1.